The molecular weight excluding hydrogens is 293 g/mol. The van der Waals surface area contributed by atoms with E-state index in [1.54, 1.807) is 0 Å². The smallest absolute Gasteiger partial charge is 0.280 e. The lowest BCUT2D eigenvalue weighted by Gasteiger charge is -2.20. The Labute approximate surface area is 116 Å². The van der Waals surface area contributed by atoms with Gasteiger partial charge in [0.25, 0.3) is 5.56 Å². The Morgan fingerprint density at radius 3 is 3.15 bits per heavy atom. The van der Waals surface area contributed by atoms with Crippen LogP contribution in [-0.2, 0) is 4.74 Å². The van der Waals surface area contributed by atoms with Crippen molar-refractivity contribution in [3.63, 3.8) is 0 Å². The number of aromatic nitrogens is 4. The van der Waals surface area contributed by atoms with Crippen molar-refractivity contribution in [2.45, 2.75) is 23.9 Å². The van der Waals surface area contributed by atoms with Crippen molar-refractivity contribution in [1.82, 2.24) is 19.5 Å². The first kappa shape index (κ1) is 13.3. The Morgan fingerprint density at radius 1 is 1.75 bits per heavy atom. The van der Waals surface area contributed by atoms with Gasteiger partial charge in [-0.2, -0.15) is 4.98 Å². The summed E-state index contributed by atoms with van der Waals surface area (Å²) in [6.45, 7) is -0.363. The first-order valence-electron chi connectivity index (χ1n) is 5.79. The number of hydrogen-bond acceptors (Lipinski definition) is 6. The van der Waals surface area contributed by atoms with Crippen molar-refractivity contribution in [1.29, 1.82) is 0 Å². The highest BCUT2D eigenvalue weighted by molar-refractivity contribution is 6.23. The van der Waals surface area contributed by atoms with Crippen LogP contribution in [-0.4, -0.2) is 42.5 Å². The van der Waals surface area contributed by atoms with E-state index >= 15 is 0 Å². The zero-order chi connectivity index (χ0) is 14.5. The standard InChI is InChI=1S/C10H11ClFN5O3/c11-10(12)1-4(2-18)20-8(10)17-3-14-5-6(17)15-9(13)16-7(5)19/h3-4,8,18H,1-2H2,(H3,13,15,16,19)/t4-,8+,10-/m0/s1. The molecule has 0 aromatic carbocycles. The SMILES string of the molecule is Nc1nc2c(ncn2[C@@H]2O[C@H](CO)C[C@@]2(F)Cl)c(=O)[nH]1. The van der Waals surface area contributed by atoms with Gasteiger partial charge >= 0.3 is 0 Å². The van der Waals surface area contributed by atoms with Crippen molar-refractivity contribution >= 4 is 28.7 Å². The summed E-state index contributed by atoms with van der Waals surface area (Å²) in [5.74, 6) is -0.125. The minimum Gasteiger partial charge on any atom is -0.394 e. The molecule has 0 unspecified atom stereocenters. The number of rotatable bonds is 2. The number of imidazole rings is 1. The monoisotopic (exact) mass is 303 g/mol. The molecule has 3 rings (SSSR count). The summed E-state index contributed by atoms with van der Waals surface area (Å²) in [5.41, 5.74) is 4.99. The van der Waals surface area contributed by atoms with Gasteiger partial charge in [0.2, 0.25) is 11.1 Å². The van der Waals surface area contributed by atoms with Crippen LogP contribution in [0.3, 0.4) is 0 Å². The van der Waals surface area contributed by atoms with Crippen molar-refractivity contribution in [2.24, 2.45) is 0 Å². The molecule has 1 fully saturated rings. The Hall–Kier alpha value is -1.71. The Balaban J connectivity index is 2.13. The van der Waals surface area contributed by atoms with Crippen LogP contribution in [0.4, 0.5) is 10.3 Å². The molecule has 2 aromatic rings. The number of halogens is 2. The topological polar surface area (TPSA) is 119 Å². The van der Waals surface area contributed by atoms with E-state index in [1.165, 1.54) is 10.9 Å². The second-order valence-corrected chi connectivity index (χ2v) is 5.16. The van der Waals surface area contributed by atoms with Crippen LogP contribution in [0.1, 0.15) is 12.6 Å². The summed E-state index contributed by atoms with van der Waals surface area (Å²) in [7, 11) is 0. The van der Waals surface area contributed by atoms with Crippen LogP contribution in [0.5, 0.6) is 0 Å². The van der Waals surface area contributed by atoms with E-state index in [-0.39, 0.29) is 30.1 Å². The number of alkyl halides is 2. The molecule has 0 aliphatic carbocycles. The molecule has 20 heavy (non-hydrogen) atoms. The van der Waals surface area contributed by atoms with Gasteiger partial charge < -0.3 is 15.6 Å². The Kier molecular flexibility index (Phi) is 2.92. The first-order valence-corrected chi connectivity index (χ1v) is 6.16. The summed E-state index contributed by atoms with van der Waals surface area (Å²) in [4.78, 5) is 21.7. The molecule has 2 aromatic heterocycles. The number of anilines is 1. The molecule has 0 spiro atoms. The van der Waals surface area contributed by atoms with Crippen molar-refractivity contribution in [3.8, 4) is 0 Å². The number of nitrogens with zero attached hydrogens (tertiary/aromatic N) is 3. The van der Waals surface area contributed by atoms with E-state index in [0.29, 0.717) is 0 Å². The second-order valence-electron chi connectivity index (χ2n) is 4.53. The van der Waals surface area contributed by atoms with E-state index in [1.807, 2.05) is 0 Å². The third-order valence-electron chi connectivity index (χ3n) is 3.09. The lowest BCUT2D eigenvalue weighted by Crippen LogP contribution is -2.25. The van der Waals surface area contributed by atoms with Gasteiger partial charge in [-0.05, 0) is 0 Å². The average Bonchev–Trinajstić information content (AvgIpc) is 2.89. The molecule has 3 atom stereocenters. The largest absolute Gasteiger partial charge is 0.394 e. The van der Waals surface area contributed by atoms with E-state index < -0.39 is 23.0 Å². The summed E-state index contributed by atoms with van der Waals surface area (Å²) >= 11 is 5.78. The minimum atomic E-state index is -2.24. The molecule has 8 nitrogen and oxygen atoms in total. The number of nitrogens with two attached hydrogens (primary N) is 1. The fourth-order valence-corrected chi connectivity index (χ4v) is 2.55. The number of nitrogens with one attached hydrogen (secondary N) is 1. The van der Waals surface area contributed by atoms with Crippen LogP contribution in [0.15, 0.2) is 11.1 Å². The maximum absolute atomic E-state index is 14.3. The first-order chi connectivity index (χ1) is 9.42. The number of fused-ring (bicyclic) bond motifs is 1. The molecule has 0 saturated carbocycles. The predicted octanol–water partition coefficient (Wildman–Crippen LogP) is -0.114. The molecule has 4 N–H and O–H groups in total. The average molecular weight is 304 g/mol. The van der Waals surface area contributed by atoms with Gasteiger partial charge in [0.1, 0.15) is 0 Å². The fourth-order valence-electron chi connectivity index (χ4n) is 2.23. The molecule has 108 valence electrons. The molecule has 0 bridgehead atoms. The zero-order valence-corrected chi connectivity index (χ0v) is 10.8. The molecule has 1 aliphatic heterocycles. The number of H-pyrrole nitrogens is 1. The van der Waals surface area contributed by atoms with Gasteiger partial charge in [0.15, 0.2) is 17.4 Å². The van der Waals surface area contributed by atoms with E-state index in [0.717, 1.165) is 0 Å². The number of aromatic amines is 1. The van der Waals surface area contributed by atoms with Gasteiger partial charge in [-0.3, -0.25) is 14.3 Å². The molecule has 3 heterocycles. The number of aliphatic hydroxyl groups excluding tert-OH is 1. The van der Waals surface area contributed by atoms with Crippen molar-refractivity contribution in [3.05, 3.63) is 16.7 Å². The molecule has 1 saturated heterocycles. The third-order valence-corrected chi connectivity index (χ3v) is 3.43. The van der Waals surface area contributed by atoms with E-state index in [9.17, 15) is 9.18 Å². The van der Waals surface area contributed by atoms with Crippen LogP contribution >= 0.6 is 11.6 Å². The van der Waals surface area contributed by atoms with E-state index in [2.05, 4.69) is 15.0 Å². The summed E-state index contributed by atoms with van der Waals surface area (Å²) in [5, 5.41) is 6.81. The molecule has 0 amide bonds. The van der Waals surface area contributed by atoms with Crippen LogP contribution < -0.4 is 11.3 Å². The second kappa shape index (κ2) is 4.40. The van der Waals surface area contributed by atoms with E-state index in [4.69, 9.17) is 27.2 Å². The molecule has 1 aliphatic rings. The maximum Gasteiger partial charge on any atom is 0.280 e. The van der Waals surface area contributed by atoms with Crippen molar-refractivity contribution < 1.29 is 14.2 Å². The number of ether oxygens (including phenoxy) is 1. The lowest BCUT2D eigenvalue weighted by atomic mass is 10.2. The highest BCUT2D eigenvalue weighted by atomic mass is 35.5. The van der Waals surface area contributed by atoms with Gasteiger partial charge in [-0.1, -0.05) is 11.6 Å². The van der Waals surface area contributed by atoms with Gasteiger partial charge in [-0.25, -0.2) is 9.37 Å². The summed E-state index contributed by atoms with van der Waals surface area (Å²) in [6.07, 6.45) is -0.971. The lowest BCUT2D eigenvalue weighted by molar-refractivity contribution is -0.0423. The number of hydrogen-bond donors (Lipinski definition) is 3. The van der Waals surface area contributed by atoms with Gasteiger partial charge in [-0.15, -0.1) is 0 Å². The Morgan fingerprint density at radius 2 is 2.50 bits per heavy atom. The normalized spacial score (nSPS) is 30.1. The zero-order valence-electron chi connectivity index (χ0n) is 10.1. The number of aliphatic hydroxyl groups is 1. The van der Waals surface area contributed by atoms with Gasteiger partial charge in [0, 0.05) is 6.42 Å². The highest BCUT2D eigenvalue weighted by Crippen LogP contribution is 2.44. The fraction of sp³-hybridized carbons (Fsp3) is 0.500. The Bertz CT molecular complexity index is 714. The maximum atomic E-state index is 14.3. The van der Waals surface area contributed by atoms with Crippen LogP contribution in [0, 0.1) is 0 Å². The third kappa shape index (κ3) is 1.94. The predicted molar refractivity (Wildman–Crippen MR) is 67.9 cm³/mol. The molecule has 0 radical (unpaired) electrons. The minimum absolute atomic E-state index is 0.00251. The quantitative estimate of drug-likeness (QED) is 0.666. The van der Waals surface area contributed by atoms with Crippen LogP contribution in [0.25, 0.3) is 11.2 Å². The summed E-state index contributed by atoms with van der Waals surface area (Å²) in [6, 6.07) is 0. The number of nitrogen functional groups attached to an aromatic ring is 1. The molecular formula is C10H11ClFN5O3. The van der Waals surface area contributed by atoms with Gasteiger partial charge in [0.05, 0.1) is 19.0 Å². The molecule has 10 heteroatoms. The highest BCUT2D eigenvalue weighted by Gasteiger charge is 2.49. The summed E-state index contributed by atoms with van der Waals surface area (Å²) < 4.78 is 20.9. The van der Waals surface area contributed by atoms with Crippen LogP contribution in [0.2, 0.25) is 0 Å². The van der Waals surface area contributed by atoms with Crippen molar-refractivity contribution in [2.75, 3.05) is 12.3 Å².